The van der Waals surface area contributed by atoms with Gasteiger partial charge in [0, 0.05) is 12.0 Å². The molecule has 0 heterocycles. The van der Waals surface area contributed by atoms with Crippen molar-refractivity contribution in [2.45, 2.75) is 24.6 Å². The van der Waals surface area contributed by atoms with Gasteiger partial charge < -0.3 is 10.4 Å². The summed E-state index contributed by atoms with van der Waals surface area (Å²) in [6.07, 6.45) is -4.66. The molecular formula is C17H14F3NO2. The van der Waals surface area contributed by atoms with E-state index in [0.29, 0.717) is 11.1 Å². The van der Waals surface area contributed by atoms with Crippen molar-refractivity contribution in [1.29, 1.82) is 0 Å². The Balaban J connectivity index is 1.77. The van der Waals surface area contributed by atoms with E-state index < -0.39 is 17.8 Å². The van der Waals surface area contributed by atoms with E-state index in [1.54, 1.807) is 18.2 Å². The second kappa shape index (κ2) is 5.61. The first-order chi connectivity index (χ1) is 10.8. The smallest absolute Gasteiger partial charge is 0.416 e. The predicted molar refractivity (Wildman–Crippen MR) is 79.2 cm³/mol. The lowest BCUT2D eigenvalue weighted by Crippen LogP contribution is -2.24. The van der Waals surface area contributed by atoms with Crippen LogP contribution in [-0.4, -0.2) is 17.2 Å². The van der Waals surface area contributed by atoms with Crippen molar-refractivity contribution < 1.29 is 23.1 Å². The van der Waals surface area contributed by atoms with Crippen LogP contribution in [0, 0.1) is 0 Å². The van der Waals surface area contributed by atoms with Crippen LogP contribution in [0.4, 0.5) is 18.0 Å². The van der Waals surface area contributed by atoms with Crippen molar-refractivity contribution in [2.24, 2.45) is 0 Å². The Morgan fingerprint density at radius 2 is 1.78 bits per heavy atom. The molecule has 1 fully saturated rings. The molecule has 0 spiro atoms. The van der Waals surface area contributed by atoms with Crippen molar-refractivity contribution >= 4 is 6.09 Å². The topological polar surface area (TPSA) is 49.3 Å². The fourth-order valence-corrected chi connectivity index (χ4v) is 2.68. The van der Waals surface area contributed by atoms with E-state index >= 15 is 0 Å². The van der Waals surface area contributed by atoms with Crippen LogP contribution in [0.15, 0.2) is 48.5 Å². The summed E-state index contributed by atoms with van der Waals surface area (Å²) in [5.41, 5.74) is 1.51. The number of carbonyl (C=O) groups is 1. The van der Waals surface area contributed by atoms with E-state index in [1.807, 2.05) is 12.1 Å². The van der Waals surface area contributed by atoms with Gasteiger partial charge in [-0.3, -0.25) is 0 Å². The van der Waals surface area contributed by atoms with Gasteiger partial charge in [-0.25, -0.2) is 4.79 Å². The SMILES string of the molecule is O=C(O)N[C@@H]1C[C@H]1c1ccc(-c2cccc(C(F)(F)F)c2)cc1. The number of amides is 1. The minimum atomic E-state index is -4.36. The molecule has 1 amide bonds. The zero-order valence-electron chi connectivity index (χ0n) is 12.0. The van der Waals surface area contributed by atoms with Crippen LogP contribution in [0.1, 0.15) is 23.5 Å². The number of halogens is 3. The van der Waals surface area contributed by atoms with Crippen molar-refractivity contribution in [3.8, 4) is 11.1 Å². The maximum absolute atomic E-state index is 12.8. The Labute approximate surface area is 130 Å². The number of alkyl halides is 3. The Hall–Kier alpha value is -2.50. The lowest BCUT2D eigenvalue weighted by Gasteiger charge is -2.09. The Morgan fingerprint density at radius 1 is 1.09 bits per heavy atom. The van der Waals surface area contributed by atoms with Gasteiger partial charge in [-0.1, -0.05) is 36.4 Å². The molecular weight excluding hydrogens is 307 g/mol. The lowest BCUT2D eigenvalue weighted by atomic mass is 10.0. The van der Waals surface area contributed by atoms with E-state index in [9.17, 15) is 18.0 Å². The van der Waals surface area contributed by atoms with E-state index in [-0.39, 0.29) is 12.0 Å². The van der Waals surface area contributed by atoms with Gasteiger partial charge in [-0.2, -0.15) is 13.2 Å². The summed E-state index contributed by atoms with van der Waals surface area (Å²) in [5.74, 6) is 0.140. The molecule has 0 saturated heterocycles. The third-order valence-electron chi connectivity index (χ3n) is 3.96. The number of nitrogens with one attached hydrogen (secondary N) is 1. The summed E-state index contributed by atoms with van der Waals surface area (Å²) in [6, 6.07) is 12.3. The molecule has 0 aromatic heterocycles. The molecule has 0 bridgehead atoms. The van der Waals surface area contributed by atoms with Crippen molar-refractivity contribution in [3.63, 3.8) is 0 Å². The van der Waals surface area contributed by atoms with Crippen molar-refractivity contribution in [2.75, 3.05) is 0 Å². The molecule has 1 saturated carbocycles. The lowest BCUT2D eigenvalue weighted by molar-refractivity contribution is -0.137. The summed E-state index contributed by atoms with van der Waals surface area (Å²) in [6.45, 7) is 0. The van der Waals surface area contributed by atoms with Gasteiger partial charge in [0.2, 0.25) is 0 Å². The van der Waals surface area contributed by atoms with Crippen LogP contribution in [0.5, 0.6) is 0 Å². The van der Waals surface area contributed by atoms with Gasteiger partial charge in [0.15, 0.2) is 0 Å². The van der Waals surface area contributed by atoms with E-state index in [2.05, 4.69) is 5.32 Å². The number of hydrogen-bond acceptors (Lipinski definition) is 1. The number of benzene rings is 2. The number of rotatable bonds is 3. The van der Waals surface area contributed by atoms with E-state index in [0.717, 1.165) is 24.1 Å². The Kier molecular flexibility index (Phi) is 3.75. The van der Waals surface area contributed by atoms with Crippen LogP contribution in [-0.2, 0) is 6.18 Å². The van der Waals surface area contributed by atoms with Gasteiger partial charge in [0.1, 0.15) is 0 Å². The van der Waals surface area contributed by atoms with Gasteiger partial charge in [0.05, 0.1) is 5.56 Å². The van der Waals surface area contributed by atoms with Crippen molar-refractivity contribution in [1.82, 2.24) is 5.32 Å². The standard InChI is InChI=1S/C17H14F3NO2/c18-17(19,20)13-3-1-2-12(8-13)10-4-6-11(7-5-10)14-9-15(14)21-16(22)23/h1-8,14-15,21H,9H2,(H,22,23)/t14-,15+/m0/s1. The minimum Gasteiger partial charge on any atom is -0.465 e. The highest BCUT2D eigenvalue weighted by Gasteiger charge is 2.39. The molecule has 2 aromatic rings. The molecule has 3 rings (SSSR count). The molecule has 120 valence electrons. The first-order valence-corrected chi connectivity index (χ1v) is 7.11. The normalized spacial score (nSPS) is 20.1. The van der Waals surface area contributed by atoms with Gasteiger partial charge in [0.25, 0.3) is 0 Å². The van der Waals surface area contributed by atoms with Gasteiger partial charge >= 0.3 is 12.3 Å². The molecule has 2 aromatic carbocycles. The third-order valence-corrected chi connectivity index (χ3v) is 3.96. The zero-order chi connectivity index (χ0) is 16.6. The largest absolute Gasteiger partial charge is 0.465 e. The summed E-state index contributed by atoms with van der Waals surface area (Å²) in [7, 11) is 0. The second-order valence-electron chi connectivity index (χ2n) is 5.60. The first-order valence-electron chi connectivity index (χ1n) is 7.11. The van der Waals surface area contributed by atoms with Crippen LogP contribution >= 0.6 is 0 Å². The highest BCUT2D eigenvalue weighted by Crippen LogP contribution is 2.41. The Morgan fingerprint density at radius 3 is 2.39 bits per heavy atom. The van der Waals surface area contributed by atoms with Crippen LogP contribution in [0.2, 0.25) is 0 Å². The van der Waals surface area contributed by atoms with Gasteiger partial charge in [-0.15, -0.1) is 0 Å². The molecule has 2 atom stereocenters. The summed E-state index contributed by atoms with van der Waals surface area (Å²) >= 11 is 0. The molecule has 1 aliphatic carbocycles. The highest BCUT2D eigenvalue weighted by atomic mass is 19.4. The highest BCUT2D eigenvalue weighted by molar-refractivity contribution is 5.67. The zero-order valence-corrected chi connectivity index (χ0v) is 12.0. The molecule has 6 heteroatoms. The average molecular weight is 321 g/mol. The maximum Gasteiger partial charge on any atom is 0.416 e. The minimum absolute atomic E-state index is 0.0769. The molecule has 0 aliphatic heterocycles. The molecule has 1 aliphatic rings. The summed E-state index contributed by atoms with van der Waals surface area (Å²) in [4.78, 5) is 10.6. The predicted octanol–water partition coefficient (Wildman–Crippen LogP) is 4.50. The van der Waals surface area contributed by atoms with Crippen LogP contribution < -0.4 is 5.32 Å². The molecule has 2 N–H and O–H groups in total. The number of carboxylic acid groups (broad SMARTS) is 1. The first kappa shape index (κ1) is 15.4. The van der Waals surface area contributed by atoms with E-state index in [1.165, 1.54) is 6.07 Å². The fraction of sp³-hybridized carbons (Fsp3) is 0.235. The maximum atomic E-state index is 12.8. The van der Waals surface area contributed by atoms with Crippen LogP contribution in [0.25, 0.3) is 11.1 Å². The monoisotopic (exact) mass is 321 g/mol. The second-order valence-corrected chi connectivity index (χ2v) is 5.60. The molecule has 3 nitrogen and oxygen atoms in total. The van der Waals surface area contributed by atoms with Crippen molar-refractivity contribution in [3.05, 3.63) is 59.7 Å². The third kappa shape index (κ3) is 3.47. The fourth-order valence-electron chi connectivity index (χ4n) is 2.68. The average Bonchev–Trinajstić information content (AvgIpc) is 3.25. The molecule has 23 heavy (non-hydrogen) atoms. The quantitative estimate of drug-likeness (QED) is 0.875. The van der Waals surface area contributed by atoms with Gasteiger partial charge in [-0.05, 0) is 35.2 Å². The molecule has 0 unspecified atom stereocenters. The van der Waals surface area contributed by atoms with E-state index in [4.69, 9.17) is 5.11 Å². The summed E-state index contributed by atoms with van der Waals surface area (Å²) < 4.78 is 38.3. The summed E-state index contributed by atoms with van der Waals surface area (Å²) in [5, 5.41) is 11.1. The number of hydrogen-bond donors (Lipinski definition) is 2. The molecule has 0 radical (unpaired) electrons. The van der Waals surface area contributed by atoms with Crippen LogP contribution in [0.3, 0.4) is 0 Å². The Bertz CT molecular complexity index is 725.